The Morgan fingerprint density at radius 2 is 1.95 bits per heavy atom. The first-order chi connectivity index (χ1) is 10.7. The van der Waals surface area contributed by atoms with Gasteiger partial charge in [0.25, 0.3) is 0 Å². The topological polar surface area (TPSA) is 56.0 Å². The molecule has 0 bridgehead atoms. The van der Waals surface area contributed by atoms with Gasteiger partial charge in [-0.3, -0.25) is 4.40 Å². The van der Waals surface area contributed by atoms with E-state index in [0.29, 0.717) is 12.4 Å². The van der Waals surface area contributed by atoms with Crippen molar-refractivity contribution in [3.05, 3.63) is 59.5 Å². The molecular formula is C17H18N2O3. The van der Waals surface area contributed by atoms with Gasteiger partial charge < -0.3 is 14.6 Å². The Labute approximate surface area is 128 Å². The molecule has 0 saturated carbocycles. The standard InChI is InChI=1S/C17H18N2O3/c1-12-15(10-20)19-9-3-4-16(17(19)18-12)22-11-13-5-7-14(21-2)8-6-13/h3-9,20H,10-11H2,1-2H3. The first-order valence-electron chi connectivity index (χ1n) is 7.06. The lowest BCUT2D eigenvalue weighted by Gasteiger charge is -2.08. The van der Waals surface area contributed by atoms with Crippen LogP contribution in [0.15, 0.2) is 42.6 Å². The summed E-state index contributed by atoms with van der Waals surface area (Å²) in [6.45, 7) is 2.28. The van der Waals surface area contributed by atoms with Crippen molar-refractivity contribution in [2.45, 2.75) is 20.1 Å². The minimum atomic E-state index is -0.0467. The number of fused-ring (bicyclic) bond motifs is 1. The molecule has 0 aliphatic carbocycles. The van der Waals surface area contributed by atoms with Crippen LogP contribution in [0.25, 0.3) is 5.65 Å². The second-order valence-electron chi connectivity index (χ2n) is 5.00. The summed E-state index contributed by atoms with van der Waals surface area (Å²) in [5, 5.41) is 9.44. The van der Waals surface area contributed by atoms with E-state index in [2.05, 4.69) is 4.98 Å². The number of hydrogen-bond acceptors (Lipinski definition) is 4. The number of aliphatic hydroxyl groups is 1. The van der Waals surface area contributed by atoms with Gasteiger partial charge in [-0.25, -0.2) is 4.98 Å². The molecule has 0 aliphatic rings. The van der Waals surface area contributed by atoms with Crippen LogP contribution in [-0.4, -0.2) is 21.6 Å². The van der Waals surface area contributed by atoms with Gasteiger partial charge in [0.05, 0.1) is 25.1 Å². The fourth-order valence-electron chi connectivity index (χ4n) is 2.39. The van der Waals surface area contributed by atoms with E-state index in [1.807, 2.05) is 53.9 Å². The summed E-state index contributed by atoms with van der Waals surface area (Å²) >= 11 is 0. The average Bonchev–Trinajstić information content (AvgIpc) is 2.89. The average molecular weight is 298 g/mol. The Balaban J connectivity index is 1.84. The number of methoxy groups -OCH3 is 1. The maximum atomic E-state index is 9.44. The number of pyridine rings is 1. The van der Waals surface area contributed by atoms with Gasteiger partial charge in [0, 0.05) is 6.20 Å². The molecule has 0 aliphatic heterocycles. The van der Waals surface area contributed by atoms with Crippen LogP contribution in [0.2, 0.25) is 0 Å². The van der Waals surface area contributed by atoms with Crippen LogP contribution >= 0.6 is 0 Å². The zero-order valence-corrected chi connectivity index (χ0v) is 12.6. The predicted octanol–water partition coefficient (Wildman–Crippen LogP) is 2.72. The first kappa shape index (κ1) is 14.4. The number of nitrogens with zero attached hydrogens (tertiary/aromatic N) is 2. The molecule has 2 aromatic heterocycles. The molecule has 0 atom stereocenters. The highest BCUT2D eigenvalue weighted by Gasteiger charge is 2.11. The highest BCUT2D eigenvalue weighted by molar-refractivity contribution is 5.56. The molecule has 0 fully saturated rings. The molecule has 0 saturated heterocycles. The largest absolute Gasteiger partial charge is 0.497 e. The predicted molar refractivity (Wildman–Crippen MR) is 83.2 cm³/mol. The van der Waals surface area contributed by atoms with Crippen molar-refractivity contribution in [3.63, 3.8) is 0 Å². The van der Waals surface area contributed by atoms with Crippen molar-refractivity contribution in [1.29, 1.82) is 0 Å². The summed E-state index contributed by atoms with van der Waals surface area (Å²) in [5.41, 5.74) is 3.36. The third kappa shape index (κ3) is 2.63. The number of aryl methyl sites for hydroxylation is 1. The quantitative estimate of drug-likeness (QED) is 0.787. The highest BCUT2D eigenvalue weighted by atomic mass is 16.5. The van der Waals surface area contributed by atoms with Crippen molar-refractivity contribution in [2.75, 3.05) is 7.11 Å². The van der Waals surface area contributed by atoms with Crippen molar-refractivity contribution in [3.8, 4) is 11.5 Å². The second kappa shape index (κ2) is 6.07. The van der Waals surface area contributed by atoms with Gasteiger partial charge in [0.15, 0.2) is 11.4 Å². The Morgan fingerprint density at radius 1 is 1.18 bits per heavy atom. The van der Waals surface area contributed by atoms with Gasteiger partial charge in [-0.05, 0) is 36.8 Å². The number of aliphatic hydroxyl groups excluding tert-OH is 1. The van der Waals surface area contributed by atoms with Crippen LogP contribution in [0, 0.1) is 6.92 Å². The maximum Gasteiger partial charge on any atom is 0.180 e. The van der Waals surface area contributed by atoms with E-state index < -0.39 is 0 Å². The summed E-state index contributed by atoms with van der Waals surface area (Å²) in [7, 11) is 1.64. The van der Waals surface area contributed by atoms with Crippen LogP contribution in [0.4, 0.5) is 0 Å². The van der Waals surface area contributed by atoms with E-state index in [1.54, 1.807) is 7.11 Å². The van der Waals surface area contributed by atoms with Crippen molar-refractivity contribution in [1.82, 2.24) is 9.38 Å². The lowest BCUT2D eigenvalue weighted by Crippen LogP contribution is -1.99. The SMILES string of the molecule is COc1ccc(COc2cccn3c(CO)c(C)nc23)cc1. The number of rotatable bonds is 5. The molecule has 1 aromatic carbocycles. The fourth-order valence-corrected chi connectivity index (χ4v) is 2.39. The zero-order chi connectivity index (χ0) is 15.5. The molecule has 3 rings (SSSR count). The van der Waals surface area contributed by atoms with Crippen LogP contribution in [0.1, 0.15) is 17.0 Å². The number of imidazole rings is 1. The molecule has 114 valence electrons. The van der Waals surface area contributed by atoms with E-state index in [9.17, 15) is 5.11 Å². The van der Waals surface area contributed by atoms with Gasteiger partial charge in [-0.1, -0.05) is 12.1 Å². The molecular weight excluding hydrogens is 280 g/mol. The minimum absolute atomic E-state index is 0.0467. The first-order valence-corrected chi connectivity index (χ1v) is 7.06. The lowest BCUT2D eigenvalue weighted by atomic mass is 10.2. The highest BCUT2D eigenvalue weighted by Crippen LogP contribution is 2.23. The van der Waals surface area contributed by atoms with E-state index in [4.69, 9.17) is 9.47 Å². The number of benzene rings is 1. The molecule has 0 amide bonds. The molecule has 0 spiro atoms. The van der Waals surface area contributed by atoms with Gasteiger partial charge in [0.2, 0.25) is 0 Å². The van der Waals surface area contributed by atoms with Crippen LogP contribution in [0.3, 0.4) is 0 Å². The molecule has 2 heterocycles. The maximum absolute atomic E-state index is 9.44. The number of hydrogen-bond donors (Lipinski definition) is 1. The van der Waals surface area contributed by atoms with E-state index in [-0.39, 0.29) is 6.61 Å². The Hall–Kier alpha value is -2.53. The Bertz CT molecular complexity index is 778. The second-order valence-corrected chi connectivity index (χ2v) is 5.00. The summed E-state index contributed by atoms with van der Waals surface area (Å²) in [5.74, 6) is 1.52. The van der Waals surface area contributed by atoms with Crippen molar-refractivity contribution < 1.29 is 14.6 Å². The normalized spacial score (nSPS) is 10.9. The zero-order valence-electron chi connectivity index (χ0n) is 12.6. The molecule has 0 unspecified atom stereocenters. The lowest BCUT2D eigenvalue weighted by molar-refractivity contribution is 0.274. The van der Waals surface area contributed by atoms with E-state index >= 15 is 0 Å². The smallest absolute Gasteiger partial charge is 0.180 e. The van der Waals surface area contributed by atoms with Crippen LogP contribution in [0.5, 0.6) is 11.5 Å². The molecule has 3 aromatic rings. The summed E-state index contributed by atoms with van der Waals surface area (Å²) in [4.78, 5) is 4.48. The number of ether oxygens (including phenoxy) is 2. The number of aromatic nitrogens is 2. The summed E-state index contributed by atoms with van der Waals surface area (Å²) in [6, 6.07) is 11.5. The van der Waals surface area contributed by atoms with Crippen molar-refractivity contribution in [2.24, 2.45) is 0 Å². The van der Waals surface area contributed by atoms with E-state index in [1.165, 1.54) is 0 Å². The van der Waals surface area contributed by atoms with Gasteiger partial charge in [0.1, 0.15) is 12.4 Å². The van der Waals surface area contributed by atoms with Gasteiger partial charge in [-0.15, -0.1) is 0 Å². The van der Waals surface area contributed by atoms with Crippen LogP contribution in [-0.2, 0) is 13.2 Å². The Morgan fingerprint density at radius 3 is 2.64 bits per heavy atom. The van der Waals surface area contributed by atoms with Crippen LogP contribution < -0.4 is 9.47 Å². The van der Waals surface area contributed by atoms with Gasteiger partial charge >= 0.3 is 0 Å². The minimum Gasteiger partial charge on any atom is -0.497 e. The van der Waals surface area contributed by atoms with Gasteiger partial charge in [-0.2, -0.15) is 0 Å². The monoisotopic (exact) mass is 298 g/mol. The molecule has 1 N–H and O–H groups in total. The fraction of sp³-hybridized carbons (Fsp3) is 0.235. The molecule has 5 heteroatoms. The molecule has 5 nitrogen and oxygen atoms in total. The summed E-state index contributed by atoms with van der Waals surface area (Å²) < 4.78 is 12.9. The van der Waals surface area contributed by atoms with E-state index in [0.717, 1.165) is 28.3 Å². The third-order valence-corrected chi connectivity index (χ3v) is 3.62. The molecule has 22 heavy (non-hydrogen) atoms. The summed E-state index contributed by atoms with van der Waals surface area (Å²) in [6.07, 6.45) is 1.88. The molecule has 0 radical (unpaired) electrons. The Kier molecular flexibility index (Phi) is 3.98. The third-order valence-electron chi connectivity index (χ3n) is 3.62. The van der Waals surface area contributed by atoms with Crippen molar-refractivity contribution >= 4 is 5.65 Å².